The second-order valence-corrected chi connectivity index (χ2v) is 5.97. The van der Waals surface area contributed by atoms with E-state index in [9.17, 15) is 0 Å². The second-order valence-electron chi connectivity index (χ2n) is 4.47. The van der Waals surface area contributed by atoms with Crippen LogP contribution in [-0.2, 0) is 10.3 Å². The minimum absolute atomic E-state index is 0.173. The van der Waals surface area contributed by atoms with Crippen LogP contribution in [0.3, 0.4) is 0 Å². The summed E-state index contributed by atoms with van der Waals surface area (Å²) in [5, 5.41) is 1.28. The maximum atomic E-state index is 5.86. The first-order valence-electron chi connectivity index (χ1n) is 5.14. The van der Waals surface area contributed by atoms with Gasteiger partial charge in [0, 0.05) is 23.1 Å². The lowest BCUT2D eigenvalue weighted by molar-refractivity contribution is 0.112. The molecule has 0 amide bonds. The summed E-state index contributed by atoms with van der Waals surface area (Å²) in [6, 6.07) is 0. The highest BCUT2D eigenvalue weighted by atomic mass is 127. The van der Waals surface area contributed by atoms with Crippen molar-refractivity contribution in [2.75, 3.05) is 13.7 Å². The van der Waals surface area contributed by atoms with Crippen LogP contribution in [0.2, 0.25) is 5.28 Å². The normalized spacial score (nSPS) is 12.3. The van der Waals surface area contributed by atoms with E-state index in [2.05, 4.69) is 57.2 Å². The van der Waals surface area contributed by atoms with Gasteiger partial charge in [0.2, 0.25) is 5.28 Å². The number of aromatic nitrogens is 3. The molecule has 0 aliphatic rings. The third kappa shape index (κ3) is 2.41. The fourth-order valence-electron chi connectivity index (χ4n) is 1.83. The SMILES string of the molecule is COCC(C)(C)n1cc(I)c2cnc(Cl)nc21. The van der Waals surface area contributed by atoms with Gasteiger partial charge in [-0.25, -0.2) is 4.98 Å². The number of fused-ring (bicyclic) bond motifs is 1. The van der Waals surface area contributed by atoms with E-state index in [0.717, 1.165) is 14.6 Å². The van der Waals surface area contributed by atoms with E-state index in [1.165, 1.54) is 0 Å². The van der Waals surface area contributed by atoms with Crippen LogP contribution in [-0.4, -0.2) is 28.3 Å². The van der Waals surface area contributed by atoms with Crippen LogP contribution < -0.4 is 0 Å². The Morgan fingerprint density at radius 1 is 1.53 bits per heavy atom. The molecule has 92 valence electrons. The van der Waals surface area contributed by atoms with Gasteiger partial charge in [-0.2, -0.15) is 4.98 Å². The molecular weight excluding hydrogens is 352 g/mol. The average molecular weight is 366 g/mol. The number of hydrogen-bond acceptors (Lipinski definition) is 3. The Kier molecular flexibility index (Phi) is 3.61. The Hall–Kier alpha value is -0.400. The monoisotopic (exact) mass is 365 g/mol. The topological polar surface area (TPSA) is 39.9 Å². The van der Waals surface area contributed by atoms with Crippen molar-refractivity contribution < 1.29 is 4.74 Å². The van der Waals surface area contributed by atoms with Crippen LogP contribution >= 0.6 is 34.2 Å². The van der Waals surface area contributed by atoms with Gasteiger partial charge in [-0.15, -0.1) is 0 Å². The molecule has 2 rings (SSSR count). The van der Waals surface area contributed by atoms with Gasteiger partial charge >= 0.3 is 0 Å². The zero-order valence-electron chi connectivity index (χ0n) is 9.87. The second kappa shape index (κ2) is 4.70. The summed E-state index contributed by atoms with van der Waals surface area (Å²) in [5.74, 6) is 0. The van der Waals surface area contributed by atoms with Crippen molar-refractivity contribution in [1.29, 1.82) is 0 Å². The summed E-state index contributed by atoms with van der Waals surface area (Å²) in [5.41, 5.74) is 0.671. The fourth-order valence-corrected chi connectivity index (χ4v) is 2.62. The van der Waals surface area contributed by atoms with Crippen molar-refractivity contribution in [3.63, 3.8) is 0 Å². The summed E-state index contributed by atoms with van der Waals surface area (Å²) in [7, 11) is 1.69. The third-order valence-corrected chi connectivity index (χ3v) is 3.66. The first kappa shape index (κ1) is 13.0. The number of ether oxygens (including phenoxy) is 1. The van der Waals surface area contributed by atoms with E-state index in [4.69, 9.17) is 16.3 Å². The van der Waals surface area contributed by atoms with E-state index in [1.807, 2.05) is 0 Å². The number of rotatable bonds is 3. The van der Waals surface area contributed by atoms with Gasteiger partial charge < -0.3 is 9.30 Å². The summed E-state index contributed by atoms with van der Waals surface area (Å²) in [6.07, 6.45) is 3.81. The molecule has 0 aliphatic heterocycles. The van der Waals surface area contributed by atoms with Crippen molar-refractivity contribution in [3.8, 4) is 0 Å². The van der Waals surface area contributed by atoms with Crippen molar-refractivity contribution in [2.45, 2.75) is 19.4 Å². The van der Waals surface area contributed by atoms with Crippen molar-refractivity contribution in [1.82, 2.24) is 14.5 Å². The number of methoxy groups -OCH3 is 1. The molecule has 0 radical (unpaired) electrons. The van der Waals surface area contributed by atoms with Crippen LogP contribution in [0.25, 0.3) is 11.0 Å². The molecule has 0 saturated heterocycles. The third-order valence-electron chi connectivity index (χ3n) is 2.62. The van der Waals surface area contributed by atoms with Crippen LogP contribution in [0, 0.1) is 3.57 Å². The minimum Gasteiger partial charge on any atom is -0.382 e. The van der Waals surface area contributed by atoms with Crippen LogP contribution in [0.4, 0.5) is 0 Å². The lowest BCUT2D eigenvalue weighted by Gasteiger charge is -2.26. The first-order chi connectivity index (χ1) is 7.95. The zero-order chi connectivity index (χ0) is 12.6. The van der Waals surface area contributed by atoms with Gasteiger partial charge in [0.1, 0.15) is 5.65 Å². The van der Waals surface area contributed by atoms with Crippen molar-refractivity contribution >= 4 is 45.2 Å². The molecule has 0 bridgehead atoms. The largest absolute Gasteiger partial charge is 0.382 e. The summed E-state index contributed by atoms with van der Waals surface area (Å²) in [6.45, 7) is 4.80. The van der Waals surface area contributed by atoms with Crippen LogP contribution in [0.1, 0.15) is 13.8 Å². The molecule has 2 aromatic heterocycles. The summed E-state index contributed by atoms with van der Waals surface area (Å²) >= 11 is 8.13. The average Bonchev–Trinajstić information content (AvgIpc) is 2.56. The molecule has 0 fully saturated rings. The lowest BCUT2D eigenvalue weighted by atomic mass is 10.1. The molecule has 0 spiro atoms. The van der Waals surface area contributed by atoms with E-state index in [-0.39, 0.29) is 10.8 Å². The highest BCUT2D eigenvalue weighted by Crippen LogP contribution is 2.27. The quantitative estimate of drug-likeness (QED) is 0.620. The first-order valence-corrected chi connectivity index (χ1v) is 6.60. The molecule has 0 saturated carbocycles. The molecule has 4 nitrogen and oxygen atoms in total. The predicted octanol–water partition coefficient (Wildman–Crippen LogP) is 3.07. The minimum atomic E-state index is -0.173. The standard InChI is InChI=1S/C11H13ClIN3O/c1-11(2,6-17-3)16-5-8(13)7-4-14-10(12)15-9(7)16/h4-5H,6H2,1-3H3. The van der Waals surface area contributed by atoms with Gasteiger partial charge in [0.05, 0.1) is 17.5 Å². The highest BCUT2D eigenvalue weighted by Gasteiger charge is 2.24. The fraction of sp³-hybridized carbons (Fsp3) is 0.455. The summed E-state index contributed by atoms with van der Waals surface area (Å²) < 4.78 is 8.44. The molecule has 0 aliphatic carbocycles. The zero-order valence-corrected chi connectivity index (χ0v) is 12.8. The van der Waals surface area contributed by atoms with Crippen LogP contribution in [0.5, 0.6) is 0 Å². The van der Waals surface area contributed by atoms with E-state index >= 15 is 0 Å². The van der Waals surface area contributed by atoms with Gasteiger partial charge in [-0.1, -0.05) is 0 Å². The van der Waals surface area contributed by atoms with Gasteiger partial charge in [0.15, 0.2) is 0 Å². The number of nitrogens with zero attached hydrogens (tertiary/aromatic N) is 3. The summed E-state index contributed by atoms with van der Waals surface area (Å²) in [4.78, 5) is 8.32. The Balaban J connectivity index is 2.65. The highest BCUT2D eigenvalue weighted by molar-refractivity contribution is 14.1. The molecule has 0 N–H and O–H groups in total. The molecule has 0 unspecified atom stereocenters. The van der Waals surface area contributed by atoms with Crippen molar-refractivity contribution in [2.24, 2.45) is 0 Å². The Morgan fingerprint density at radius 2 is 2.24 bits per heavy atom. The molecule has 6 heteroatoms. The molecule has 0 aromatic carbocycles. The molecule has 2 heterocycles. The predicted molar refractivity (Wildman–Crippen MR) is 76.5 cm³/mol. The van der Waals surface area contributed by atoms with Gasteiger partial charge in [-0.05, 0) is 48.0 Å². The molecular formula is C11H13ClIN3O. The maximum Gasteiger partial charge on any atom is 0.224 e. The van der Waals surface area contributed by atoms with E-state index < -0.39 is 0 Å². The van der Waals surface area contributed by atoms with E-state index in [0.29, 0.717) is 6.61 Å². The number of hydrogen-bond donors (Lipinski definition) is 0. The Labute approximate surface area is 118 Å². The van der Waals surface area contributed by atoms with E-state index in [1.54, 1.807) is 13.3 Å². The maximum absolute atomic E-state index is 5.86. The molecule has 0 atom stereocenters. The molecule has 17 heavy (non-hydrogen) atoms. The van der Waals surface area contributed by atoms with Crippen molar-refractivity contribution in [3.05, 3.63) is 21.2 Å². The Bertz CT molecular complexity index is 553. The van der Waals surface area contributed by atoms with Gasteiger partial charge in [0.25, 0.3) is 0 Å². The van der Waals surface area contributed by atoms with Crippen LogP contribution in [0.15, 0.2) is 12.4 Å². The molecule has 2 aromatic rings. The smallest absolute Gasteiger partial charge is 0.224 e. The lowest BCUT2D eigenvalue weighted by Crippen LogP contribution is -2.31. The Morgan fingerprint density at radius 3 is 2.88 bits per heavy atom. The number of halogens is 2. The van der Waals surface area contributed by atoms with Gasteiger partial charge in [-0.3, -0.25) is 0 Å².